The van der Waals surface area contributed by atoms with E-state index in [1.807, 2.05) is 0 Å². The van der Waals surface area contributed by atoms with Crippen molar-refractivity contribution in [2.24, 2.45) is 5.11 Å². The molecule has 6 atom stereocenters. The number of hydrogen-bond acceptors (Lipinski definition) is 12. The molecule has 3 heterocycles. The summed E-state index contributed by atoms with van der Waals surface area (Å²) in [4.78, 5) is 27.0. The molecule has 1 aromatic carbocycles. The van der Waals surface area contributed by atoms with Crippen molar-refractivity contribution >= 4 is 30.7 Å². The normalized spacial score (nSPS) is 24.8. The predicted octanol–water partition coefficient (Wildman–Crippen LogP) is 2.78. The summed E-state index contributed by atoms with van der Waals surface area (Å²) in [6.07, 6.45) is -4.05. The largest absolute Gasteiger partial charge is 0.462 e. The lowest BCUT2D eigenvalue weighted by atomic mass is 10.1. The Hall–Kier alpha value is -3.85. The van der Waals surface area contributed by atoms with Crippen LogP contribution in [0.4, 0.5) is 10.2 Å². The second kappa shape index (κ2) is 11.7. The number of rotatable bonds is 11. The molecule has 214 valence electrons. The first kappa shape index (κ1) is 29.1. The number of benzene rings is 1. The minimum atomic E-state index is -4.49. The van der Waals surface area contributed by atoms with Gasteiger partial charge >= 0.3 is 13.7 Å². The van der Waals surface area contributed by atoms with Crippen LogP contribution in [0.25, 0.3) is 21.6 Å². The summed E-state index contributed by atoms with van der Waals surface area (Å²) < 4.78 is 52.3. The Morgan fingerprint density at radius 1 is 1.35 bits per heavy atom. The summed E-state index contributed by atoms with van der Waals surface area (Å²) in [7, 11) is -4.49. The number of nitrogens with one attached hydrogen (secondary N) is 1. The van der Waals surface area contributed by atoms with E-state index < -0.39 is 56.7 Å². The van der Waals surface area contributed by atoms with Gasteiger partial charge in [-0.1, -0.05) is 23.3 Å². The molecule has 18 heteroatoms. The Morgan fingerprint density at radius 2 is 2.08 bits per heavy atom. The summed E-state index contributed by atoms with van der Waals surface area (Å²) in [6, 6.07) is 6.66. The number of imidazole rings is 1. The van der Waals surface area contributed by atoms with Gasteiger partial charge in [-0.2, -0.15) is 5.09 Å². The van der Waals surface area contributed by atoms with Crippen molar-refractivity contribution in [3.05, 3.63) is 53.4 Å². The van der Waals surface area contributed by atoms with E-state index in [2.05, 4.69) is 30.1 Å². The first-order valence-electron chi connectivity index (χ1n) is 12.0. The monoisotopic (exact) mass is 579 g/mol. The minimum absolute atomic E-state index is 0.0255. The highest BCUT2D eigenvalue weighted by Crippen LogP contribution is 2.49. The van der Waals surface area contributed by atoms with E-state index >= 15 is 4.39 Å². The molecule has 0 saturated carbocycles. The molecule has 40 heavy (non-hydrogen) atoms. The fourth-order valence-corrected chi connectivity index (χ4v) is 5.35. The van der Waals surface area contributed by atoms with Crippen molar-refractivity contribution in [2.45, 2.75) is 57.1 Å². The molecule has 0 amide bonds. The molecule has 3 aromatic rings. The SMILES string of the molecule is CC(C)OC(=O)C(C)NP(=O)(OC[C@@]1(N=[N+]=[N-])O[C@@H](n2cnc3c(N)ncnc32)[C@H](F)[C@@H]1O)Oc1ccccc1. The number of para-hydroxylation sites is 1. The van der Waals surface area contributed by atoms with Crippen LogP contribution in [-0.2, 0) is 23.4 Å². The maximum atomic E-state index is 15.5. The summed E-state index contributed by atoms with van der Waals surface area (Å²) in [6.45, 7) is 3.68. The molecular formula is C22H27FN9O7P. The number of hydrogen-bond donors (Lipinski definition) is 3. The minimum Gasteiger partial charge on any atom is -0.462 e. The number of nitrogens with two attached hydrogens (primary N) is 1. The first-order valence-corrected chi connectivity index (χ1v) is 13.5. The second-order valence-electron chi connectivity index (χ2n) is 9.03. The summed E-state index contributed by atoms with van der Waals surface area (Å²) in [5.74, 6) is -0.635. The summed E-state index contributed by atoms with van der Waals surface area (Å²) in [5.41, 5.74) is 12.9. The highest BCUT2D eigenvalue weighted by Gasteiger charge is 2.57. The number of nitrogen functional groups attached to an aromatic ring is 1. The fraction of sp³-hybridized carbons (Fsp3) is 0.455. The highest BCUT2D eigenvalue weighted by molar-refractivity contribution is 7.52. The van der Waals surface area contributed by atoms with E-state index in [0.29, 0.717) is 0 Å². The maximum absolute atomic E-state index is 15.5. The smallest absolute Gasteiger partial charge is 0.459 e. The standard InChI is InChI=1S/C22H27FN9O7P/c1-12(2)37-21(34)13(3)29-40(35,39-14-7-5-4-6-8-14)36-9-22(30-31-25)17(33)15(23)20(38-22)32-11-28-16-18(24)26-10-27-19(16)32/h4-8,10-13,15,17,20,33H,9H2,1-3H3,(H,29,35)(H2,24,26,27)/t13?,15-,17+,20-,22-,40?/m1/s1. The van der Waals surface area contributed by atoms with E-state index in [-0.39, 0.29) is 22.7 Å². The first-order chi connectivity index (χ1) is 19.0. The molecule has 4 rings (SSSR count). The van der Waals surface area contributed by atoms with Crippen LogP contribution in [0.2, 0.25) is 0 Å². The number of ether oxygens (including phenoxy) is 2. The lowest BCUT2D eigenvalue weighted by Gasteiger charge is -2.29. The Kier molecular flexibility index (Phi) is 8.54. The number of aliphatic hydroxyl groups excluding tert-OH is 1. The number of aliphatic hydroxyl groups is 1. The van der Waals surface area contributed by atoms with Crippen molar-refractivity contribution in [1.29, 1.82) is 0 Å². The molecule has 1 saturated heterocycles. The number of nitrogens with zero attached hydrogens (tertiary/aromatic N) is 7. The van der Waals surface area contributed by atoms with Crippen LogP contribution < -0.4 is 15.3 Å². The number of esters is 1. The van der Waals surface area contributed by atoms with Gasteiger partial charge < -0.3 is 24.8 Å². The zero-order valence-electron chi connectivity index (χ0n) is 21.6. The quantitative estimate of drug-likeness (QED) is 0.0981. The Balaban J connectivity index is 1.62. The molecule has 4 N–H and O–H groups in total. The van der Waals surface area contributed by atoms with Crippen LogP contribution in [0, 0.1) is 0 Å². The molecule has 0 aliphatic carbocycles. The van der Waals surface area contributed by atoms with Gasteiger partial charge in [-0.25, -0.2) is 23.9 Å². The summed E-state index contributed by atoms with van der Waals surface area (Å²) >= 11 is 0. The van der Waals surface area contributed by atoms with Gasteiger partial charge in [0.1, 0.15) is 29.7 Å². The Morgan fingerprint density at radius 3 is 2.75 bits per heavy atom. The third-order valence-electron chi connectivity index (χ3n) is 5.70. The maximum Gasteiger partial charge on any atom is 0.459 e. The molecule has 1 fully saturated rings. The van der Waals surface area contributed by atoms with Crippen molar-refractivity contribution in [2.75, 3.05) is 12.3 Å². The van der Waals surface area contributed by atoms with Crippen molar-refractivity contribution in [3.8, 4) is 5.75 Å². The number of fused-ring (bicyclic) bond motifs is 1. The highest BCUT2D eigenvalue weighted by atomic mass is 31.2. The van der Waals surface area contributed by atoms with Crippen LogP contribution in [-0.4, -0.2) is 67.3 Å². The molecule has 0 spiro atoms. The number of aromatic nitrogens is 4. The third-order valence-corrected chi connectivity index (χ3v) is 7.33. The zero-order valence-corrected chi connectivity index (χ0v) is 22.5. The van der Waals surface area contributed by atoms with E-state index in [1.165, 1.54) is 25.4 Å². The zero-order chi connectivity index (χ0) is 29.1. The number of carbonyl (C=O) groups excluding carboxylic acids is 1. The predicted molar refractivity (Wildman–Crippen MR) is 137 cm³/mol. The van der Waals surface area contributed by atoms with E-state index in [0.717, 1.165) is 10.9 Å². The average Bonchev–Trinajstić information content (AvgIpc) is 3.44. The second-order valence-corrected chi connectivity index (χ2v) is 10.7. The molecular weight excluding hydrogens is 552 g/mol. The van der Waals surface area contributed by atoms with Gasteiger partial charge in [-0.3, -0.25) is 13.9 Å². The molecule has 0 bridgehead atoms. The number of carbonyl (C=O) groups is 1. The third kappa shape index (κ3) is 5.99. The van der Waals surface area contributed by atoms with Crippen molar-refractivity contribution in [1.82, 2.24) is 24.6 Å². The van der Waals surface area contributed by atoms with Crippen LogP contribution >= 0.6 is 7.75 Å². The Bertz CT molecular complexity index is 1450. The summed E-state index contributed by atoms with van der Waals surface area (Å²) in [5, 5.41) is 16.7. The lowest BCUT2D eigenvalue weighted by molar-refractivity contribution is -0.149. The van der Waals surface area contributed by atoms with Crippen LogP contribution in [0.15, 0.2) is 48.1 Å². The van der Waals surface area contributed by atoms with Gasteiger partial charge in [0.05, 0.1) is 19.0 Å². The van der Waals surface area contributed by atoms with Gasteiger partial charge in [0.25, 0.3) is 0 Å². The number of azide groups is 1. The molecule has 2 aromatic heterocycles. The van der Waals surface area contributed by atoms with Gasteiger partial charge in [0.2, 0.25) is 5.72 Å². The molecule has 1 aliphatic heterocycles. The van der Waals surface area contributed by atoms with Gasteiger partial charge in [-0.05, 0) is 38.4 Å². The van der Waals surface area contributed by atoms with Gasteiger partial charge in [-0.15, -0.1) is 0 Å². The van der Waals surface area contributed by atoms with Gasteiger partial charge in [0, 0.05) is 4.91 Å². The molecule has 0 radical (unpaired) electrons. The van der Waals surface area contributed by atoms with Crippen LogP contribution in [0.5, 0.6) is 5.75 Å². The topological polar surface area (TPSA) is 222 Å². The molecule has 16 nitrogen and oxygen atoms in total. The fourth-order valence-electron chi connectivity index (χ4n) is 3.83. The van der Waals surface area contributed by atoms with E-state index in [1.54, 1.807) is 32.0 Å². The number of halogens is 1. The van der Waals surface area contributed by atoms with Crippen LogP contribution in [0.3, 0.4) is 0 Å². The number of alkyl halides is 1. The van der Waals surface area contributed by atoms with Gasteiger partial charge in [0.15, 0.2) is 23.9 Å². The van der Waals surface area contributed by atoms with E-state index in [9.17, 15) is 20.0 Å². The van der Waals surface area contributed by atoms with E-state index in [4.69, 9.17) is 24.3 Å². The van der Waals surface area contributed by atoms with Crippen molar-refractivity contribution < 1.29 is 37.4 Å². The molecule has 2 unspecified atom stereocenters. The lowest BCUT2D eigenvalue weighted by Crippen LogP contribution is -2.45. The van der Waals surface area contributed by atoms with Crippen LogP contribution in [0.1, 0.15) is 27.0 Å². The Labute approximate surface area is 226 Å². The number of anilines is 1. The average molecular weight is 579 g/mol. The molecule has 1 aliphatic rings. The van der Waals surface area contributed by atoms with Crippen molar-refractivity contribution in [3.63, 3.8) is 0 Å².